The molecular formula is C13H18FNO2. The van der Waals surface area contributed by atoms with E-state index in [1.807, 2.05) is 6.92 Å². The van der Waals surface area contributed by atoms with Gasteiger partial charge in [-0.1, -0.05) is 6.07 Å². The standard InChI is InChI=1S/C13H18FNO2/c1-13(5-2-6-15)16-8-10-3-4-12(14)7-11(10)9-17-13/h3-4,7H,2,5-6,8-9,15H2,1H3. The van der Waals surface area contributed by atoms with E-state index >= 15 is 0 Å². The molecule has 1 aromatic carbocycles. The Kier molecular flexibility index (Phi) is 3.76. The van der Waals surface area contributed by atoms with E-state index in [4.69, 9.17) is 15.2 Å². The van der Waals surface area contributed by atoms with Crippen molar-refractivity contribution in [3.63, 3.8) is 0 Å². The molecular weight excluding hydrogens is 221 g/mol. The second kappa shape index (κ2) is 5.12. The van der Waals surface area contributed by atoms with Gasteiger partial charge < -0.3 is 15.2 Å². The molecule has 1 atom stereocenters. The molecule has 0 bridgehead atoms. The summed E-state index contributed by atoms with van der Waals surface area (Å²) < 4.78 is 24.6. The first-order chi connectivity index (χ1) is 8.13. The number of hydrogen-bond acceptors (Lipinski definition) is 3. The number of halogens is 1. The summed E-state index contributed by atoms with van der Waals surface area (Å²) in [4.78, 5) is 0. The lowest BCUT2D eigenvalue weighted by Crippen LogP contribution is -2.31. The van der Waals surface area contributed by atoms with Gasteiger partial charge in [-0.05, 0) is 43.1 Å². The minimum atomic E-state index is -0.616. The summed E-state index contributed by atoms with van der Waals surface area (Å²) in [6.07, 6.45) is 1.60. The minimum Gasteiger partial charge on any atom is -0.346 e. The van der Waals surface area contributed by atoms with Gasteiger partial charge in [0.05, 0.1) is 13.2 Å². The van der Waals surface area contributed by atoms with Crippen molar-refractivity contribution in [1.82, 2.24) is 0 Å². The smallest absolute Gasteiger partial charge is 0.166 e. The van der Waals surface area contributed by atoms with Crippen LogP contribution in [0, 0.1) is 5.82 Å². The number of nitrogens with two attached hydrogens (primary N) is 1. The van der Waals surface area contributed by atoms with Gasteiger partial charge in [0.2, 0.25) is 0 Å². The maximum Gasteiger partial charge on any atom is 0.166 e. The van der Waals surface area contributed by atoms with Crippen molar-refractivity contribution in [2.24, 2.45) is 5.73 Å². The normalized spacial score (nSPS) is 24.2. The minimum absolute atomic E-state index is 0.238. The van der Waals surface area contributed by atoms with E-state index in [9.17, 15) is 4.39 Å². The van der Waals surface area contributed by atoms with Crippen LogP contribution in [-0.2, 0) is 22.7 Å². The van der Waals surface area contributed by atoms with Crippen LogP contribution >= 0.6 is 0 Å². The van der Waals surface area contributed by atoms with Crippen LogP contribution in [0.25, 0.3) is 0 Å². The number of fused-ring (bicyclic) bond motifs is 1. The highest BCUT2D eigenvalue weighted by Gasteiger charge is 2.28. The first kappa shape index (κ1) is 12.5. The molecule has 4 heteroatoms. The van der Waals surface area contributed by atoms with Crippen LogP contribution in [0.2, 0.25) is 0 Å². The predicted molar refractivity (Wildman–Crippen MR) is 62.7 cm³/mol. The Labute approximate surface area is 101 Å². The molecule has 0 aromatic heterocycles. The molecule has 1 heterocycles. The predicted octanol–water partition coefficient (Wildman–Crippen LogP) is 2.33. The van der Waals surface area contributed by atoms with Gasteiger partial charge in [-0.3, -0.25) is 0 Å². The van der Waals surface area contributed by atoms with E-state index in [1.165, 1.54) is 12.1 Å². The summed E-state index contributed by atoms with van der Waals surface area (Å²) in [6, 6.07) is 4.71. The molecule has 2 N–H and O–H groups in total. The lowest BCUT2D eigenvalue weighted by molar-refractivity contribution is -0.236. The summed E-state index contributed by atoms with van der Waals surface area (Å²) in [5, 5.41) is 0. The Morgan fingerprint density at radius 1 is 1.29 bits per heavy atom. The first-order valence-electron chi connectivity index (χ1n) is 5.88. The zero-order valence-corrected chi connectivity index (χ0v) is 10.0. The number of rotatable bonds is 3. The Balaban J connectivity index is 2.10. The summed E-state index contributed by atoms with van der Waals surface area (Å²) >= 11 is 0. The van der Waals surface area contributed by atoms with Crippen LogP contribution in [0.3, 0.4) is 0 Å². The second-order valence-corrected chi connectivity index (χ2v) is 4.52. The van der Waals surface area contributed by atoms with Crippen LogP contribution in [0.5, 0.6) is 0 Å². The average molecular weight is 239 g/mol. The Morgan fingerprint density at radius 2 is 2.00 bits per heavy atom. The number of benzene rings is 1. The topological polar surface area (TPSA) is 44.5 Å². The molecule has 3 nitrogen and oxygen atoms in total. The average Bonchev–Trinajstić information content (AvgIpc) is 2.48. The fourth-order valence-electron chi connectivity index (χ4n) is 1.94. The van der Waals surface area contributed by atoms with E-state index in [2.05, 4.69) is 0 Å². The molecule has 0 amide bonds. The van der Waals surface area contributed by atoms with Gasteiger partial charge >= 0.3 is 0 Å². The monoisotopic (exact) mass is 239 g/mol. The second-order valence-electron chi connectivity index (χ2n) is 4.52. The zero-order chi connectivity index (χ0) is 12.3. The molecule has 0 fully saturated rings. The zero-order valence-electron chi connectivity index (χ0n) is 10.0. The van der Waals surface area contributed by atoms with Gasteiger partial charge in [0.15, 0.2) is 5.79 Å². The molecule has 0 saturated heterocycles. The molecule has 1 aliphatic rings. The quantitative estimate of drug-likeness (QED) is 0.880. The van der Waals surface area contributed by atoms with Crippen LogP contribution in [0.4, 0.5) is 4.39 Å². The van der Waals surface area contributed by atoms with Gasteiger partial charge in [0.1, 0.15) is 5.82 Å². The summed E-state index contributed by atoms with van der Waals surface area (Å²) in [5.74, 6) is -0.854. The Bertz CT molecular complexity index is 397. The highest BCUT2D eigenvalue weighted by molar-refractivity contribution is 5.27. The van der Waals surface area contributed by atoms with Crippen molar-refractivity contribution in [3.05, 3.63) is 35.1 Å². The highest BCUT2D eigenvalue weighted by Crippen LogP contribution is 2.28. The maximum absolute atomic E-state index is 13.1. The first-order valence-corrected chi connectivity index (χ1v) is 5.88. The van der Waals surface area contributed by atoms with Crippen molar-refractivity contribution in [3.8, 4) is 0 Å². The van der Waals surface area contributed by atoms with Crippen molar-refractivity contribution in [1.29, 1.82) is 0 Å². The maximum atomic E-state index is 13.1. The summed E-state index contributed by atoms with van der Waals surface area (Å²) in [7, 11) is 0. The SMILES string of the molecule is CC1(CCCN)OCc2ccc(F)cc2CO1. The van der Waals surface area contributed by atoms with E-state index < -0.39 is 5.79 Å². The van der Waals surface area contributed by atoms with E-state index in [1.54, 1.807) is 6.07 Å². The van der Waals surface area contributed by atoms with Gasteiger partial charge in [0.25, 0.3) is 0 Å². The van der Waals surface area contributed by atoms with Gasteiger partial charge in [-0.15, -0.1) is 0 Å². The van der Waals surface area contributed by atoms with E-state index in [0.717, 1.165) is 24.0 Å². The molecule has 17 heavy (non-hydrogen) atoms. The van der Waals surface area contributed by atoms with Crippen LogP contribution in [0.1, 0.15) is 30.9 Å². The van der Waals surface area contributed by atoms with Crippen LogP contribution < -0.4 is 5.73 Å². The van der Waals surface area contributed by atoms with Gasteiger partial charge in [-0.2, -0.15) is 0 Å². The third-order valence-electron chi connectivity index (χ3n) is 3.07. The van der Waals surface area contributed by atoms with Crippen LogP contribution in [-0.4, -0.2) is 12.3 Å². The number of hydrogen-bond donors (Lipinski definition) is 1. The van der Waals surface area contributed by atoms with E-state index in [-0.39, 0.29) is 5.82 Å². The molecule has 0 spiro atoms. The van der Waals surface area contributed by atoms with E-state index in [0.29, 0.717) is 19.8 Å². The molecule has 1 aliphatic heterocycles. The highest BCUT2D eigenvalue weighted by atomic mass is 19.1. The lowest BCUT2D eigenvalue weighted by atomic mass is 10.1. The van der Waals surface area contributed by atoms with Crippen molar-refractivity contribution in [2.45, 2.75) is 38.8 Å². The van der Waals surface area contributed by atoms with Crippen molar-refractivity contribution < 1.29 is 13.9 Å². The molecule has 1 unspecified atom stereocenters. The molecule has 1 aromatic rings. The molecule has 0 aliphatic carbocycles. The molecule has 94 valence electrons. The fourth-order valence-corrected chi connectivity index (χ4v) is 1.94. The largest absolute Gasteiger partial charge is 0.346 e. The summed E-state index contributed by atoms with van der Waals surface area (Å²) in [6.45, 7) is 3.36. The lowest BCUT2D eigenvalue weighted by Gasteiger charge is -2.27. The summed E-state index contributed by atoms with van der Waals surface area (Å²) in [5.41, 5.74) is 7.34. The third kappa shape index (κ3) is 3.03. The fraction of sp³-hybridized carbons (Fsp3) is 0.538. The third-order valence-corrected chi connectivity index (χ3v) is 3.07. The molecule has 2 rings (SSSR count). The Hall–Kier alpha value is -0.970. The van der Waals surface area contributed by atoms with Crippen molar-refractivity contribution in [2.75, 3.05) is 6.54 Å². The molecule has 0 radical (unpaired) electrons. The van der Waals surface area contributed by atoms with Crippen LogP contribution in [0.15, 0.2) is 18.2 Å². The van der Waals surface area contributed by atoms with Crippen molar-refractivity contribution >= 4 is 0 Å². The van der Waals surface area contributed by atoms with Gasteiger partial charge in [-0.25, -0.2) is 4.39 Å². The molecule has 0 saturated carbocycles. The van der Waals surface area contributed by atoms with Gasteiger partial charge in [0, 0.05) is 6.42 Å². The number of ether oxygens (including phenoxy) is 2. The Morgan fingerprint density at radius 3 is 2.71 bits per heavy atom.